The van der Waals surface area contributed by atoms with Crippen LogP contribution in [-0.4, -0.2) is 59.6 Å². The first-order chi connectivity index (χ1) is 12.0. The van der Waals surface area contributed by atoms with Crippen LogP contribution in [0.1, 0.15) is 44.2 Å². The van der Waals surface area contributed by atoms with Crippen molar-refractivity contribution in [3.05, 3.63) is 11.9 Å². The van der Waals surface area contributed by atoms with E-state index in [0.29, 0.717) is 41.6 Å². The van der Waals surface area contributed by atoms with E-state index in [4.69, 9.17) is 0 Å². The molecular weight excluding hydrogens is 336 g/mol. The maximum atomic E-state index is 13.2. The van der Waals surface area contributed by atoms with Gasteiger partial charge in [-0.2, -0.15) is 9.40 Å². The molecule has 7 heteroatoms. The van der Waals surface area contributed by atoms with Gasteiger partial charge < -0.3 is 0 Å². The Morgan fingerprint density at radius 1 is 1.04 bits per heavy atom. The molecule has 1 aromatic rings. The van der Waals surface area contributed by atoms with Crippen molar-refractivity contribution >= 4 is 10.0 Å². The summed E-state index contributed by atoms with van der Waals surface area (Å²) >= 11 is 0. The molecule has 25 heavy (non-hydrogen) atoms. The Hall–Kier alpha value is -0.920. The lowest BCUT2D eigenvalue weighted by atomic mass is 9.73. The standard InChI is InChI=1S/C18H30N4O2S/c1-14-17(13-20(2)19-14)25(23,24)22-11-15-7-6-8-16(12-22)18(15)21-9-4-3-5-10-21/h13,15-16,18H,3-12H2,1-2H3/t15-,16+,18?. The summed E-state index contributed by atoms with van der Waals surface area (Å²) in [5.74, 6) is 0.967. The molecular formula is C18H30N4O2S. The van der Waals surface area contributed by atoms with Gasteiger partial charge in [0.25, 0.3) is 0 Å². The molecule has 1 aliphatic carbocycles. The zero-order valence-corrected chi connectivity index (χ0v) is 16.2. The van der Waals surface area contributed by atoms with Gasteiger partial charge in [0.1, 0.15) is 4.90 Å². The molecule has 0 spiro atoms. The van der Waals surface area contributed by atoms with Gasteiger partial charge in [0.2, 0.25) is 10.0 Å². The van der Waals surface area contributed by atoms with Crippen molar-refractivity contribution in [2.24, 2.45) is 18.9 Å². The average Bonchev–Trinajstić information content (AvgIpc) is 2.93. The molecule has 1 saturated carbocycles. The van der Waals surface area contributed by atoms with Crippen molar-refractivity contribution in [3.63, 3.8) is 0 Å². The monoisotopic (exact) mass is 366 g/mol. The molecule has 0 radical (unpaired) electrons. The number of rotatable bonds is 3. The molecule has 1 unspecified atom stereocenters. The summed E-state index contributed by atoms with van der Waals surface area (Å²) < 4.78 is 29.7. The first-order valence-corrected chi connectivity index (χ1v) is 11.2. The predicted molar refractivity (Wildman–Crippen MR) is 96.7 cm³/mol. The molecule has 4 rings (SSSR count). The normalized spacial score (nSPS) is 32.0. The van der Waals surface area contributed by atoms with Gasteiger partial charge in [0.05, 0.1) is 5.69 Å². The Morgan fingerprint density at radius 2 is 1.68 bits per heavy atom. The molecule has 3 heterocycles. The van der Waals surface area contributed by atoms with Gasteiger partial charge >= 0.3 is 0 Å². The lowest BCUT2D eigenvalue weighted by Crippen LogP contribution is -2.59. The highest BCUT2D eigenvalue weighted by Gasteiger charge is 2.46. The minimum atomic E-state index is -3.44. The Morgan fingerprint density at radius 3 is 2.24 bits per heavy atom. The summed E-state index contributed by atoms with van der Waals surface area (Å²) in [6.45, 7) is 5.54. The number of aryl methyl sites for hydroxylation is 2. The number of sulfonamides is 1. The molecule has 0 amide bonds. The number of hydrogen-bond donors (Lipinski definition) is 0. The smallest absolute Gasteiger partial charge is 0.246 e. The molecule has 2 saturated heterocycles. The Balaban J connectivity index is 1.57. The van der Waals surface area contributed by atoms with E-state index in [1.807, 2.05) is 0 Å². The van der Waals surface area contributed by atoms with Crippen LogP contribution in [0.15, 0.2) is 11.1 Å². The van der Waals surface area contributed by atoms with Crippen molar-refractivity contribution in [2.45, 2.75) is 56.4 Å². The van der Waals surface area contributed by atoms with E-state index >= 15 is 0 Å². The third kappa shape index (κ3) is 3.15. The van der Waals surface area contributed by atoms with E-state index in [2.05, 4.69) is 10.00 Å². The van der Waals surface area contributed by atoms with Crippen molar-refractivity contribution in [1.82, 2.24) is 19.0 Å². The molecule has 0 aromatic carbocycles. The Labute approximate surface area is 151 Å². The van der Waals surface area contributed by atoms with Gasteiger partial charge in [0, 0.05) is 32.4 Å². The zero-order chi connectivity index (χ0) is 17.6. The quantitative estimate of drug-likeness (QED) is 0.821. The molecule has 2 aliphatic heterocycles. The molecule has 140 valence electrons. The molecule has 3 fully saturated rings. The fourth-order valence-corrected chi connectivity index (χ4v) is 7.10. The molecule has 2 bridgehead atoms. The first-order valence-electron chi connectivity index (χ1n) is 9.71. The second kappa shape index (κ2) is 6.67. The predicted octanol–water partition coefficient (Wildman–Crippen LogP) is 2.00. The van der Waals surface area contributed by atoms with Crippen molar-refractivity contribution in [3.8, 4) is 0 Å². The maximum Gasteiger partial charge on any atom is 0.246 e. The van der Waals surface area contributed by atoms with Crippen LogP contribution in [0.25, 0.3) is 0 Å². The summed E-state index contributed by atoms with van der Waals surface area (Å²) in [5.41, 5.74) is 0.603. The molecule has 6 nitrogen and oxygen atoms in total. The van der Waals surface area contributed by atoms with Crippen molar-refractivity contribution in [2.75, 3.05) is 26.2 Å². The summed E-state index contributed by atoms with van der Waals surface area (Å²) in [6.07, 6.45) is 9.17. The van der Waals surface area contributed by atoms with Crippen LogP contribution >= 0.6 is 0 Å². The van der Waals surface area contributed by atoms with Gasteiger partial charge in [-0.25, -0.2) is 8.42 Å². The lowest BCUT2D eigenvalue weighted by molar-refractivity contribution is -0.00312. The highest BCUT2D eigenvalue weighted by molar-refractivity contribution is 7.89. The van der Waals surface area contributed by atoms with Gasteiger partial charge in [-0.05, 0) is 57.5 Å². The third-order valence-corrected chi connectivity index (χ3v) is 8.33. The van der Waals surface area contributed by atoms with Crippen molar-refractivity contribution < 1.29 is 8.42 Å². The third-order valence-electron chi connectivity index (χ3n) is 6.39. The highest BCUT2D eigenvalue weighted by Crippen LogP contribution is 2.40. The molecule has 3 aliphatic rings. The van der Waals surface area contributed by atoms with Crippen molar-refractivity contribution in [1.29, 1.82) is 0 Å². The second-order valence-electron chi connectivity index (χ2n) is 8.11. The van der Waals surface area contributed by atoms with Gasteiger partial charge in [0.15, 0.2) is 0 Å². The van der Waals surface area contributed by atoms with E-state index in [1.54, 1.807) is 29.2 Å². The maximum absolute atomic E-state index is 13.2. The minimum Gasteiger partial charge on any atom is -0.300 e. The van der Waals surface area contributed by atoms with Crippen LogP contribution in [0.3, 0.4) is 0 Å². The van der Waals surface area contributed by atoms with Crippen LogP contribution in [0, 0.1) is 18.8 Å². The van der Waals surface area contributed by atoms with Gasteiger partial charge in [-0.1, -0.05) is 12.8 Å². The molecule has 3 atom stereocenters. The summed E-state index contributed by atoms with van der Waals surface area (Å²) in [7, 11) is -1.66. The second-order valence-corrected chi connectivity index (χ2v) is 10.0. The fraction of sp³-hybridized carbons (Fsp3) is 0.833. The number of fused-ring (bicyclic) bond motifs is 2. The summed E-state index contributed by atoms with van der Waals surface area (Å²) in [6, 6.07) is 0.593. The van der Waals surface area contributed by atoms with Gasteiger partial charge in [-0.15, -0.1) is 0 Å². The van der Waals surface area contributed by atoms with Crippen LogP contribution in [0.4, 0.5) is 0 Å². The number of aromatic nitrogens is 2. The Kier molecular flexibility index (Phi) is 4.67. The Bertz CT molecular complexity index is 709. The number of piperidine rings is 2. The molecule has 1 aromatic heterocycles. The number of nitrogens with zero attached hydrogens (tertiary/aromatic N) is 4. The van der Waals surface area contributed by atoms with E-state index in [1.165, 1.54) is 38.8 Å². The van der Waals surface area contributed by atoms with E-state index in [9.17, 15) is 8.42 Å². The topological polar surface area (TPSA) is 58.4 Å². The van der Waals surface area contributed by atoms with E-state index < -0.39 is 10.0 Å². The van der Waals surface area contributed by atoms with E-state index in [-0.39, 0.29) is 0 Å². The van der Waals surface area contributed by atoms with Crippen LogP contribution in [-0.2, 0) is 17.1 Å². The minimum absolute atomic E-state index is 0.379. The first kappa shape index (κ1) is 17.5. The highest BCUT2D eigenvalue weighted by atomic mass is 32.2. The lowest BCUT2D eigenvalue weighted by Gasteiger charge is -2.51. The zero-order valence-electron chi connectivity index (χ0n) is 15.4. The largest absolute Gasteiger partial charge is 0.300 e. The molecule has 0 N–H and O–H groups in total. The van der Waals surface area contributed by atoms with Crippen LogP contribution in [0.2, 0.25) is 0 Å². The number of likely N-dealkylation sites (tertiary alicyclic amines) is 1. The fourth-order valence-electron chi connectivity index (χ4n) is 5.34. The SMILES string of the molecule is Cc1nn(C)cc1S(=O)(=O)N1C[C@H]2CCC[C@@H](C1)C2N1CCCCC1. The van der Waals surface area contributed by atoms with Gasteiger partial charge in [-0.3, -0.25) is 9.58 Å². The summed E-state index contributed by atoms with van der Waals surface area (Å²) in [4.78, 5) is 3.06. The van der Waals surface area contributed by atoms with Crippen LogP contribution < -0.4 is 0 Å². The van der Waals surface area contributed by atoms with Crippen LogP contribution in [0.5, 0.6) is 0 Å². The number of hydrogen-bond acceptors (Lipinski definition) is 4. The van der Waals surface area contributed by atoms with E-state index in [0.717, 1.165) is 12.8 Å². The average molecular weight is 367 g/mol. The summed E-state index contributed by atoms with van der Waals surface area (Å²) in [5, 5.41) is 4.24.